The Hall–Kier alpha value is -1.91. The van der Waals surface area contributed by atoms with Gasteiger partial charge in [0.25, 0.3) is 0 Å². The van der Waals surface area contributed by atoms with E-state index in [-0.39, 0.29) is 11.1 Å². The van der Waals surface area contributed by atoms with Gasteiger partial charge >= 0.3 is 5.97 Å². The van der Waals surface area contributed by atoms with Crippen LogP contribution in [0.3, 0.4) is 0 Å². The number of benzene rings is 1. The molecule has 5 heteroatoms. The van der Waals surface area contributed by atoms with Gasteiger partial charge in [-0.15, -0.1) is 0 Å². The molecule has 16 heavy (non-hydrogen) atoms. The van der Waals surface area contributed by atoms with Crippen molar-refractivity contribution in [1.82, 2.24) is 0 Å². The Balaban J connectivity index is 3.67. The highest BCUT2D eigenvalue weighted by atomic mass is 16.4. The molecule has 1 rings (SSSR count). The normalized spacial score (nSPS) is 11.4. The van der Waals surface area contributed by atoms with Crippen LogP contribution in [-0.2, 0) is 5.41 Å². The molecular formula is C11H14O5. The third kappa shape index (κ3) is 1.88. The first-order valence-electron chi connectivity index (χ1n) is 4.68. The summed E-state index contributed by atoms with van der Waals surface area (Å²) >= 11 is 0. The lowest BCUT2D eigenvalue weighted by molar-refractivity contribution is 0.0690. The Bertz CT molecular complexity index is 443. The summed E-state index contributed by atoms with van der Waals surface area (Å²) < 4.78 is 0. The second-order valence-corrected chi connectivity index (χ2v) is 4.57. The maximum atomic E-state index is 11.0. The molecular weight excluding hydrogens is 212 g/mol. The number of phenolic OH excluding ortho intramolecular Hbond substituents is 2. The summed E-state index contributed by atoms with van der Waals surface area (Å²) in [4.78, 5) is 11.0. The van der Waals surface area contributed by atoms with Gasteiger partial charge < -0.3 is 20.4 Å². The van der Waals surface area contributed by atoms with E-state index in [0.717, 1.165) is 6.07 Å². The molecule has 0 aromatic heterocycles. The van der Waals surface area contributed by atoms with Crippen molar-refractivity contribution in [2.75, 3.05) is 0 Å². The average molecular weight is 226 g/mol. The third-order valence-corrected chi connectivity index (χ3v) is 2.28. The standard InChI is InChI=1S/C11H14O5/c1-11(2,3)5-4-6(12)8(13)9(14)7(5)10(15)16/h4,12-14H,1-3H3,(H,15,16). The average Bonchev–Trinajstić information content (AvgIpc) is 2.11. The quantitative estimate of drug-likeness (QED) is 0.547. The van der Waals surface area contributed by atoms with Crippen molar-refractivity contribution in [2.45, 2.75) is 26.2 Å². The number of aromatic hydroxyl groups is 3. The topological polar surface area (TPSA) is 98.0 Å². The minimum atomic E-state index is -1.35. The fourth-order valence-corrected chi connectivity index (χ4v) is 1.45. The monoisotopic (exact) mass is 226 g/mol. The van der Waals surface area contributed by atoms with E-state index < -0.39 is 28.6 Å². The van der Waals surface area contributed by atoms with Crippen molar-refractivity contribution < 1.29 is 25.2 Å². The number of aromatic carboxylic acids is 1. The van der Waals surface area contributed by atoms with E-state index in [1.165, 1.54) is 0 Å². The predicted molar refractivity (Wildman–Crippen MR) is 57.1 cm³/mol. The summed E-state index contributed by atoms with van der Waals surface area (Å²) in [6.45, 7) is 5.22. The van der Waals surface area contributed by atoms with Crippen LogP contribution >= 0.6 is 0 Å². The van der Waals surface area contributed by atoms with Gasteiger partial charge in [0.2, 0.25) is 5.75 Å². The molecule has 0 saturated carbocycles. The molecule has 0 aliphatic carbocycles. The van der Waals surface area contributed by atoms with Crippen molar-refractivity contribution >= 4 is 5.97 Å². The van der Waals surface area contributed by atoms with Crippen molar-refractivity contribution in [3.8, 4) is 17.2 Å². The van der Waals surface area contributed by atoms with Gasteiger partial charge in [-0.05, 0) is 17.0 Å². The molecule has 0 unspecified atom stereocenters. The first kappa shape index (κ1) is 12.2. The number of carboxylic acids is 1. The maximum absolute atomic E-state index is 11.0. The molecule has 1 aromatic rings. The highest BCUT2D eigenvalue weighted by Gasteiger charge is 2.28. The van der Waals surface area contributed by atoms with Gasteiger partial charge in [0.05, 0.1) is 0 Å². The van der Waals surface area contributed by atoms with E-state index in [1.54, 1.807) is 20.8 Å². The van der Waals surface area contributed by atoms with Crippen molar-refractivity contribution in [3.05, 3.63) is 17.2 Å². The van der Waals surface area contributed by atoms with E-state index in [1.807, 2.05) is 0 Å². The van der Waals surface area contributed by atoms with Crippen LogP contribution in [0.2, 0.25) is 0 Å². The Morgan fingerprint density at radius 2 is 1.62 bits per heavy atom. The molecule has 0 fully saturated rings. The third-order valence-electron chi connectivity index (χ3n) is 2.28. The fourth-order valence-electron chi connectivity index (χ4n) is 1.45. The van der Waals surface area contributed by atoms with Crippen LogP contribution in [0, 0.1) is 0 Å². The van der Waals surface area contributed by atoms with Crippen LogP contribution in [0.15, 0.2) is 6.07 Å². The number of carbonyl (C=O) groups is 1. The second kappa shape index (κ2) is 3.59. The number of phenols is 3. The highest BCUT2D eigenvalue weighted by Crippen LogP contribution is 2.43. The van der Waals surface area contributed by atoms with Crippen LogP contribution in [0.5, 0.6) is 17.2 Å². The van der Waals surface area contributed by atoms with Gasteiger partial charge in [-0.25, -0.2) is 4.79 Å². The van der Waals surface area contributed by atoms with Crippen molar-refractivity contribution in [2.24, 2.45) is 0 Å². The van der Waals surface area contributed by atoms with Crippen LogP contribution in [-0.4, -0.2) is 26.4 Å². The lowest BCUT2D eigenvalue weighted by atomic mass is 9.83. The van der Waals surface area contributed by atoms with Crippen molar-refractivity contribution in [3.63, 3.8) is 0 Å². The summed E-state index contributed by atoms with van der Waals surface area (Å²) in [6.07, 6.45) is 0. The lowest BCUT2D eigenvalue weighted by Crippen LogP contribution is -2.17. The smallest absolute Gasteiger partial charge is 0.339 e. The summed E-state index contributed by atoms with van der Waals surface area (Å²) in [7, 11) is 0. The summed E-state index contributed by atoms with van der Waals surface area (Å²) in [5, 5.41) is 37.1. The molecule has 0 aliphatic heterocycles. The zero-order valence-corrected chi connectivity index (χ0v) is 9.27. The van der Waals surface area contributed by atoms with E-state index in [4.69, 9.17) is 5.11 Å². The van der Waals surface area contributed by atoms with E-state index >= 15 is 0 Å². The van der Waals surface area contributed by atoms with Gasteiger partial charge in [0.15, 0.2) is 11.5 Å². The first-order valence-corrected chi connectivity index (χ1v) is 4.68. The molecule has 0 spiro atoms. The minimum absolute atomic E-state index is 0.257. The Labute approximate surface area is 92.6 Å². The fraction of sp³-hybridized carbons (Fsp3) is 0.364. The predicted octanol–water partition coefficient (Wildman–Crippen LogP) is 1.80. The van der Waals surface area contributed by atoms with Crippen LogP contribution < -0.4 is 0 Å². The molecule has 0 aliphatic rings. The Morgan fingerprint density at radius 3 is 2.00 bits per heavy atom. The van der Waals surface area contributed by atoms with Gasteiger partial charge in [0, 0.05) is 0 Å². The Morgan fingerprint density at radius 1 is 1.12 bits per heavy atom. The summed E-state index contributed by atoms with van der Waals surface area (Å²) in [6, 6.07) is 1.15. The molecule has 0 radical (unpaired) electrons. The summed E-state index contributed by atoms with van der Waals surface area (Å²) in [5.74, 6) is -3.51. The van der Waals surface area contributed by atoms with Crippen molar-refractivity contribution in [1.29, 1.82) is 0 Å². The van der Waals surface area contributed by atoms with Gasteiger partial charge in [-0.3, -0.25) is 0 Å². The first-order chi connectivity index (χ1) is 7.16. The molecule has 88 valence electrons. The zero-order valence-electron chi connectivity index (χ0n) is 9.27. The maximum Gasteiger partial charge on any atom is 0.339 e. The number of carboxylic acid groups (broad SMARTS) is 1. The highest BCUT2D eigenvalue weighted by molar-refractivity contribution is 5.94. The van der Waals surface area contributed by atoms with Gasteiger partial charge in [-0.2, -0.15) is 0 Å². The van der Waals surface area contributed by atoms with Crippen LogP contribution in [0.4, 0.5) is 0 Å². The van der Waals surface area contributed by atoms with Crippen LogP contribution in [0.25, 0.3) is 0 Å². The number of hydrogen-bond donors (Lipinski definition) is 4. The van der Waals surface area contributed by atoms with E-state index in [9.17, 15) is 20.1 Å². The molecule has 0 saturated heterocycles. The summed E-state index contributed by atoms with van der Waals surface area (Å²) in [5.41, 5.74) is -0.702. The van der Waals surface area contributed by atoms with Gasteiger partial charge in [0.1, 0.15) is 5.56 Å². The molecule has 0 amide bonds. The lowest BCUT2D eigenvalue weighted by Gasteiger charge is -2.22. The van der Waals surface area contributed by atoms with Gasteiger partial charge in [-0.1, -0.05) is 20.8 Å². The molecule has 0 heterocycles. The molecule has 1 aromatic carbocycles. The van der Waals surface area contributed by atoms with E-state index in [0.29, 0.717) is 0 Å². The SMILES string of the molecule is CC(C)(C)c1cc(O)c(O)c(O)c1C(=O)O. The largest absolute Gasteiger partial charge is 0.504 e. The minimum Gasteiger partial charge on any atom is -0.504 e. The molecule has 5 nitrogen and oxygen atoms in total. The number of hydrogen-bond acceptors (Lipinski definition) is 4. The second-order valence-electron chi connectivity index (χ2n) is 4.57. The molecule has 0 atom stereocenters. The van der Waals surface area contributed by atoms with E-state index in [2.05, 4.69) is 0 Å². The zero-order chi connectivity index (χ0) is 12.7. The number of rotatable bonds is 1. The van der Waals surface area contributed by atoms with Crippen LogP contribution in [0.1, 0.15) is 36.7 Å². The molecule has 0 bridgehead atoms. The Kier molecular flexibility index (Phi) is 2.73. The molecule has 4 N–H and O–H groups in total.